The minimum Gasteiger partial charge on any atom is -0.383 e. The number of rotatable bonds is 1. The van der Waals surface area contributed by atoms with Gasteiger partial charge >= 0.3 is 0 Å². The Morgan fingerprint density at radius 2 is 1.93 bits per heavy atom. The van der Waals surface area contributed by atoms with E-state index in [-0.39, 0.29) is 12.4 Å². The van der Waals surface area contributed by atoms with Crippen molar-refractivity contribution in [1.82, 2.24) is 4.90 Å². The van der Waals surface area contributed by atoms with Crippen molar-refractivity contribution < 1.29 is 0 Å². The highest BCUT2D eigenvalue weighted by molar-refractivity contribution is 6.16. The summed E-state index contributed by atoms with van der Waals surface area (Å²) in [6.07, 6.45) is 3.99. The van der Waals surface area contributed by atoms with Crippen LogP contribution in [0.5, 0.6) is 0 Å². The third-order valence-corrected chi connectivity index (χ3v) is 1.96. The van der Waals surface area contributed by atoms with Gasteiger partial charge in [-0.3, -0.25) is 4.99 Å². The smallest absolute Gasteiger partial charge is 0.0709 e. The van der Waals surface area contributed by atoms with Crippen LogP contribution in [0.25, 0.3) is 5.57 Å². The molecule has 3 heteroatoms. The fourth-order valence-electron chi connectivity index (χ4n) is 1.42. The number of benzene rings is 1. The van der Waals surface area contributed by atoms with E-state index in [0.29, 0.717) is 0 Å². The molecule has 0 aromatic heterocycles. The summed E-state index contributed by atoms with van der Waals surface area (Å²) in [5.41, 5.74) is 3.47. The van der Waals surface area contributed by atoms with E-state index in [9.17, 15) is 0 Å². The SMILES string of the molecule is CN(C)/C=C1\C=Nc2ccccc21.Cl. The minimum absolute atomic E-state index is 0. The number of halogens is 1. The minimum atomic E-state index is 0. The number of aliphatic imine (C=N–C) groups is 1. The van der Waals surface area contributed by atoms with Crippen LogP contribution in [0.3, 0.4) is 0 Å². The monoisotopic (exact) mass is 208 g/mol. The first-order chi connectivity index (χ1) is 6.27. The molecule has 0 atom stereocenters. The highest BCUT2D eigenvalue weighted by Crippen LogP contribution is 2.30. The van der Waals surface area contributed by atoms with E-state index in [4.69, 9.17) is 0 Å². The third kappa shape index (κ3) is 1.96. The molecule has 0 aliphatic carbocycles. The quantitative estimate of drug-likeness (QED) is 0.693. The Bertz CT molecular complexity index is 381. The standard InChI is InChI=1S/C11H12N2.ClH/c1-13(2)8-9-7-12-11-6-4-3-5-10(9)11;/h3-8H,1-2H3;1H/b9-8+;. The molecule has 1 heterocycles. The molecular weight excluding hydrogens is 196 g/mol. The largest absolute Gasteiger partial charge is 0.383 e. The van der Waals surface area contributed by atoms with Crippen LogP contribution in [0.15, 0.2) is 35.5 Å². The van der Waals surface area contributed by atoms with E-state index >= 15 is 0 Å². The van der Waals surface area contributed by atoms with Gasteiger partial charge in [0.1, 0.15) is 0 Å². The molecule has 0 fully saturated rings. The number of hydrogen-bond donors (Lipinski definition) is 0. The van der Waals surface area contributed by atoms with Crippen LogP contribution in [0.4, 0.5) is 5.69 Å². The first-order valence-corrected chi connectivity index (χ1v) is 4.29. The molecule has 1 aliphatic heterocycles. The van der Waals surface area contributed by atoms with Crippen molar-refractivity contribution >= 4 is 29.9 Å². The molecule has 2 nitrogen and oxygen atoms in total. The molecule has 0 bridgehead atoms. The zero-order valence-electron chi connectivity index (χ0n) is 8.27. The Morgan fingerprint density at radius 1 is 1.21 bits per heavy atom. The van der Waals surface area contributed by atoms with Crippen molar-refractivity contribution in [2.45, 2.75) is 0 Å². The van der Waals surface area contributed by atoms with E-state index in [1.54, 1.807) is 0 Å². The molecular formula is C11H13ClN2. The highest BCUT2D eigenvalue weighted by Gasteiger charge is 2.10. The van der Waals surface area contributed by atoms with Crippen LogP contribution >= 0.6 is 12.4 Å². The van der Waals surface area contributed by atoms with Crippen LogP contribution < -0.4 is 0 Å². The summed E-state index contributed by atoms with van der Waals surface area (Å²) in [6, 6.07) is 8.17. The lowest BCUT2D eigenvalue weighted by Crippen LogP contribution is -2.02. The van der Waals surface area contributed by atoms with Crippen molar-refractivity contribution in [1.29, 1.82) is 0 Å². The van der Waals surface area contributed by atoms with E-state index in [1.807, 2.05) is 43.4 Å². The second kappa shape index (κ2) is 4.29. The van der Waals surface area contributed by atoms with Gasteiger partial charge in [-0.2, -0.15) is 0 Å². The molecule has 1 aromatic rings. The number of fused-ring (bicyclic) bond motifs is 1. The summed E-state index contributed by atoms with van der Waals surface area (Å²) >= 11 is 0. The van der Waals surface area contributed by atoms with Gasteiger partial charge in [0.15, 0.2) is 0 Å². The van der Waals surface area contributed by atoms with Gasteiger partial charge in [-0.25, -0.2) is 0 Å². The molecule has 14 heavy (non-hydrogen) atoms. The summed E-state index contributed by atoms with van der Waals surface area (Å²) in [5, 5.41) is 0. The van der Waals surface area contributed by atoms with Crippen molar-refractivity contribution in [2.24, 2.45) is 4.99 Å². The molecule has 0 saturated carbocycles. The number of para-hydroxylation sites is 1. The van der Waals surface area contributed by atoms with Crippen molar-refractivity contribution in [2.75, 3.05) is 14.1 Å². The van der Waals surface area contributed by atoms with Crippen LogP contribution in [0.1, 0.15) is 5.56 Å². The first kappa shape index (κ1) is 10.8. The second-order valence-corrected chi connectivity index (χ2v) is 3.32. The topological polar surface area (TPSA) is 15.6 Å². The molecule has 0 unspecified atom stereocenters. The van der Waals surface area contributed by atoms with Gasteiger partial charge < -0.3 is 4.90 Å². The molecule has 1 aliphatic rings. The average Bonchev–Trinajstić information content (AvgIpc) is 2.48. The molecule has 74 valence electrons. The predicted molar refractivity (Wildman–Crippen MR) is 63.5 cm³/mol. The third-order valence-electron chi connectivity index (χ3n) is 1.96. The molecule has 0 saturated heterocycles. The maximum atomic E-state index is 4.31. The summed E-state index contributed by atoms with van der Waals surface area (Å²) < 4.78 is 0. The van der Waals surface area contributed by atoms with Gasteiger partial charge in [-0.05, 0) is 6.07 Å². The average molecular weight is 209 g/mol. The fourth-order valence-corrected chi connectivity index (χ4v) is 1.42. The maximum absolute atomic E-state index is 4.31. The normalized spacial score (nSPS) is 15.1. The lowest BCUT2D eigenvalue weighted by atomic mass is 10.1. The van der Waals surface area contributed by atoms with E-state index in [1.165, 1.54) is 11.1 Å². The first-order valence-electron chi connectivity index (χ1n) is 4.29. The summed E-state index contributed by atoms with van der Waals surface area (Å²) in [4.78, 5) is 6.34. The molecule has 2 rings (SSSR count). The Hall–Kier alpha value is -1.28. The van der Waals surface area contributed by atoms with Crippen molar-refractivity contribution in [3.05, 3.63) is 36.0 Å². The summed E-state index contributed by atoms with van der Waals surface area (Å²) in [6.45, 7) is 0. The summed E-state index contributed by atoms with van der Waals surface area (Å²) in [5.74, 6) is 0. The van der Waals surface area contributed by atoms with Gasteiger partial charge in [-0.15, -0.1) is 12.4 Å². The van der Waals surface area contributed by atoms with Gasteiger partial charge in [0, 0.05) is 37.6 Å². The number of allylic oxidation sites excluding steroid dienone is 1. The van der Waals surface area contributed by atoms with Gasteiger partial charge in [0.25, 0.3) is 0 Å². The lowest BCUT2D eigenvalue weighted by Gasteiger charge is -2.06. The Morgan fingerprint density at radius 3 is 2.64 bits per heavy atom. The Balaban J connectivity index is 0.000000980. The Kier molecular flexibility index (Phi) is 3.31. The molecule has 0 radical (unpaired) electrons. The van der Waals surface area contributed by atoms with Crippen LogP contribution in [0, 0.1) is 0 Å². The van der Waals surface area contributed by atoms with Gasteiger partial charge in [0.2, 0.25) is 0 Å². The fraction of sp³-hybridized carbons (Fsp3) is 0.182. The van der Waals surface area contributed by atoms with E-state index in [2.05, 4.69) is 17.3 Å². The van der Waals surface area contributed by atoms with E-state index in [0.717, 1.165) is 5.69 Å². The molecule has 0 spiro atoms. The Labute approximate surface area is 90.4 Å². The van der Waals surface area contributed by atoms with Gasteiger partial charge in [0.05, 0.1) is 5.69 Å². The highest BCUT2D eigenvalue weighted by atomic mass is 35.5. The number of hydrogen-bond acceptors (Lipinski definition) is 2. The zero-order chi connectivity index (χ0) is 9.26. The summed E-state index contributed by atoms with van der Waals surface area (Å²) in [7, 11) is 4.03. The van der Waals surface area contributed by atoms with E-state index < -0.39 is 0 Å². The second-order valence-electron chi connectivity index (χ2n) is 3.32. The van der Waals surface area contributed by atoms with Crippen LogP contribution in [0.2, 0.25) is 0 Å². The van der Waals surface area contributed by atoms with Crippen molar-refractivity contribution in [3.8, 4) is 0 Å². The van der Waals surface area contributed by atoms with Gasteiger partial charge in [-0.1, -0.05) is 18.2 Å². The molecule has 1 aromatic carbocycles. The predicted octanol–water partition coefficient (Wildman–Crippen LogP) is 2.73. The lowest BCUT2D eigenvalue weighted by molar-refractivity contribution is 0.566. The maximum Gasteiger partial charge on any atom is 0.0709 e. The number of nitrogens with zero attached hydrogens (tertiary/aromatic N) is 2. The van der Waals surface area contributed by atoms with Crippen molar-refractivity contribution in [3.63, 3.8) is 0 Å². The molecule has 0 amide bonds. The molecule has 0 N–H and O–H groups in total. The van der Waals surface area contributed by atoms with Crippen LogP contribution in [-0.4, -0.2) is 25.2 Å². The zero-order valence-corrected chi connectivity index (χ0v) is 9.08. The van der Waals surface area contributed by atoms with Crippen LogP contribution in [-0.2, 0) is 0 Å².